The lowest BCUT2D eigenvalue weighted by Crippen LogP contribution is -1.99. The molecule has 232 valence electrons. The average molecular weight is 630 g/mol. The van der Waals surface area contributed by atoms with E-state index >= 15 is 0 Å². The number of nitrogens with one attached hydrogen (secondary N) is 1. The van der Waals surface area contributed by atoms with Crippen LogP contribution >= 0.6 is 0 Å². The molecule has 0 aliphatic heterocycles. The van der Waals surface area contributed by atoms with E-state index in [4.69, 9.17) is 9.97 Å². The van der Waals surface area contributed by atoms with E-state index in [2.05, 4.69) is 155 Å². The van der Waals surface area contributed by atoms with Crippen LogP contribution in [0.5, 0.6) is 0 Å². The normalized spacial score (nSPS) is 11.9. The third-order valence-electron chi connectivity index (χ3n) is 9.81. The van der Waals surface area contributed by atoms with Crippen molar-refractivity contribution < 1.29 is 0 Å². The van der Waals surface area contributed by atoms with Crippen molar-refractivity contribution in [3.8, 4) is 34.0 Å². The van der Waals surface area contributed by atoms with Gasteiger partial charge in [-0.25, -0.2) is 9.97 Å². The van der Waals surface area contributed by atoms with Crippen molar-refractivity contribution in [1.29, 1.82) is 0 Å². The van der Waals surface area contributed by atoms with Crippen molar-refractivity contribution in [2.45, 2.75) is 13.8 Å². The molecule has 10 rings (SSSR count). The van der Waals surface area contributed by atoms with E-state index in [-0.39, 0.29) is 0 Å². The molecule has 0 aliphatic rings. The van der Waals surface area contributed by atoms with Crippen LogP contribution in [0.1, 0.15) is 11.1 Å². The predicted molar refractivity (Wildman–Crippen MR) is 203 cm³/mol. The Morgan fingerprint density at radius 2 is 1.33 bits per heavy atom. The molecule has 4 heterocycles. The molecular formula is C44H31N5. The van der Waals surface area contributed by atoms with Crippen LogP contribution in [0, 0.1) is 13.8 Å². The highest BCUT2D eigenvalue weighted by atomic mass is 15.1. The summed E-state index contributed by atoms with van der Waals surface area (Å²) >= 11 is 0. The molecule has 0 saturated carbocycles. The molecule has 0 bridgehead atoms. The first-order valence-electron chi connectivity index (χ1n) is 16.7. The maximum absolute atomic E-state index is 5.55. The smallest absolute Gasteiger partial charge is 0.147 e. The number of para-hydroxylation sites is 3. The summed E-state index contributed by atoms with van der Waals surface area (Å²) in [5, 5.41) is 4.82. The number of nitrogens with zero attached hydrogens (tertiary/aromatic N) is 4. The van der Waals surface area contributed by atoms with Gasteiger partial charge in [-0.15, -0.1) is 0 Å². The molecule has 0 unspecified atom stereocenters. The fourth-order valence-corrected chi connectivity index (χ4v) is 7.68. The molecule has 0 spiro atoms. The Kier molecular flexibility index (Phi) is 5.94. The van der Waals surface area contributed by atoms with Crippen molar-refractivity contribution in [3.05, 3.63) is 157 Å². The molecule has 10 aromatic rings. The fraction of sp³-hybridized carbons (Fsp3) is 0.0455. The van der Waals surface area contributed by atoms with Gasteiger partial charge in [0.2, 0.25) is 0 Å². The fourth-order valence-electron chi connectivity index (χ4n) is 7.68. The molecular weight excluding hydrogens is 599 g/mol. The van der Waals surface area contributed by atoms with E-state index in [0.29, 0.717) is 0 Å². The number of H-pyrrole nitrogens is 1. The van der Waals surface area contributed by atoms with Crippen LogP contribution < -0.4 is 0 Å². The number of rotatable bonds is 4. The number of aromatic nitrogens is 5. The molecule has 5 heteroatoms. The number of hydrogen-bond donors (Lipinski definition) is 1. The second-order valence-corrected chi connectivity index (χ2v) is 13.0. The zero-order valence-corrected chi connectivity index (χ0v) is 27.1. The summed E-state index contributed by atoms with van der Waals surface area (Å²) in [6.45, 7) is 4.32. The molecule has 4 aromatic heterocycles. The Morgan fingerprint density at radius 3 is 2.20 bits per heavy atom. The summed E-state index contributed by atoms with van der Waals surface area (Å²) in [4.78, 5) is 14.0. The minimum Gasteiger partial charge on any atom is -0.354 e. The maximum atomic E-state index is 5.55. The Bertz CT molecular complexity index is 2900. The quantitative estimate of drug-likeness (QED) is 0.211. The zero-order chi connectivity index (χ0) is 32.6. The largest absolute Gasteiger partial charge is 0.354 e. The highest BCUT2D eigenvalue weighted by Crippen LogP contribution is 2.41. The lowest BCUT2D eigenvalue weighted by Gasteiger charge is -2.12. The molecule has 0 fully saturated rings. The monoisotopic (exact) mass is 629 g/mol. The first-order valence-corrected chi connectivity index (χ1v) is 16.7. The van der Waals surface area contributed by atoms with Gasteiger partial charge in [-0.3, -0.25) is 9.13 Å². The number of benzene rings is 6. The standard InChI is InChI=1S/C44H31N5/c1-27-11-9-12-30(23-27)48-40-25-28(2)24-36(43(40)47-44(48)35-16-10-15-34-31-13-3-5-17-37(31)46-42(34)35)29-20-21-33-32-14-4-6-18-38(32)49(39(33)26-29)41-19-7-8-22-45-41/h3-26,46H,1-2H3. The molecule has 0 saturated heterocycles. The van der Waals surface area contributed by atoms with Gasteiger partial charge < -0.3 is 4.98 Å². The van der Waals surface area contributed by atoms with Gasteiger partial charge in [0.15, 0.2) is 0 Å². The zero-order valence-electron chi connectivity index (χ0n) is 27.1. The summed E-state index contributed by atoms with van der Waals surface area (Å²) in [6.07, 6.45) is 1.86. The molecule has 49 heavy (non-hydrogen) atoms. The van der Waals surface area contributed by atoms with Crippen LogP contribution in [0.3, 0.4) is 0 Å². The SMILES string of the molecule is Cc1cccc(-n2c(-c3cccc4c3[nH]c3ccccc34)nc3c(-c4ccc5c6ccccc6n(-c6ccccn6)c5c4)cc(C)cc32)c1. The summed E-state index contributed by atoms with van der Waals surface area (Å²) in [5.74, 6) is 1.81. The Balaban J connectivity index is 1.29. The van der Waals surface area contributed by atoms with E-state index in [1.54, 1.807) is 0 Å². The Morgan fingerprint density at radius 1 is 0.531 bits per heavy atom. The molecule has 1 N–H and O–H groups in total. The molecule has 0 amide bonds. The van der Waals surface area contributed by atoms with E-state index in [1.807, 2.05) is 18.3 Å². The van der Waals surface area contributed by atoms with Gasteiger partial charge in [0.05, 0.1) is 27.6 Å². The van der Waals surface area contributed by atoms with Crippen LogP contribution in [0.25, 0.3) is 88.7 Å². The maximum Gasteiger partial charge on any atom is 0.147 e. The van der Waals surface area contributed by atoms with Crippen molar-refractivity contribution in [1.82, 2.24) is 24.1 Å². The van der Waals surface area contributed by atoms with E-state index in [9.17, 15) is 0 Å². The summed E-state index contributed by atoms with van der Waals surface area (Å²) in [6, 6.07) is 49.8. The third-order valence-corrected chi connectivity index (χ3v) is 9.81. The van der Waals surface area contributed by atoms with E-state index in [1.165, 1.54) is 32.7 Å². The number of fused-ring (bicyclic) bond motifs is 7. The van der Waals surface area contributed by atoms with Gasteiger partial charge in [-0.1, -0.05) is 78.9 Å². The topological polar surface area (TPSA) is 51.4 Å². The second-order valence-electron chi connectivity index (χ2n) is 13.0. The minimum absolute atomic E-state index is 0.901. The Hall–Kier alpha value is -6.46. The molecule has 5 nitrogen and oxygen atoms in total. The average Bonchev–Trinajstić information content (AvgIpc) is 3.81. The molecule has 6 aromatic carbocycles. The first-order chi connectivity index (χ1) is 24.1. The predicted octanol–water partition coefficient (Wildman–Crippen LogP) is 11.1. The number of pyridine rings is 1. The van der Waals surface area contributed by atoms with E-state index in [0.717, 1.165) is 67.1 Å². The molecule has 0 radical (unpaired) electrons. The van der Waals surface area contributed by atoms with Crippen LogP contribution in [0.4, 0.5) is 0 Å². The van der Waals surface area contributed by atoms with Gasteiger partial charge >= 0.3 is 0 Å². The first kappa shape index (κ1) is 27.6. The summed E-state index contributed by atoms with van der Waals surface area (Å²) in [7, 11) is 0. The van der Waals surface area contributed by atoms with Crippen LogP contribution in [0.15, 0.2) is 146 Å². The van der Waals surface area contributed by atoms with Gasteiger partial charge in [-0.05, 0) is 91.2 Å². The van der Waals surface area contributed by atoms with Crippen LogP contribution in [0.2, 0.25) is 0 Å². The second kappa shape index (κ2) is 10.5. The lowest BCUT2D eigenvalue weighted by atomic mass is 10.00. The number of aromatic amines is 1. The van der Waals surface area contributed by atoms with Gasteiger partial charge in [0.1, 0.15) is 11.6 Å². The van der Waals surface area contributed by atoms with Gasteiger partial charge in [0, 0.05) is 50.1 Å². The van der Waals surface area contributed by atoms with Crippen LogP contribution in [-0.2, 0) is 0 Å². The van der Waals surface area contributed by atoms with E-state index < -0.39 is 0 Å². The van der Waals surface area contributed by atoms with Crippen molar-refractivity contribution >= 4 is 54.6 Å². The van der Waals surface area contributed by atoms with Gasteiger partial charge in [0.25, 0.3) is 0 Å². The highest BCUT2D eigenvalue weighted by molar-refractivity contribution is 6.13. The molecule has 0 aliphatic carbocycles. The Labute approximate surface area is 282 Å². The van der Waals surface area contributed by atoms with Crippen molar-refractivity contribution in [2.75, 3.05) is 0 Å². The summed E-state index contributed by atoms with van der Waals surface area (Å²) < 4.78 is 4.61. The van der Waals surface area contributed by atoms with Crippen molar-refractivity contribution in [2.24, 2.45) is 0 Å². The van der Waals surface area contributed by atoms with Gasteiger partial charge in [-0.2, -0.15) is 0 Å². The molecule has 0 atom stereocenters. The third kappa shape index (κ3) is 4.19. The summed E-state index contributed by atoms with van der Waals surface area (Å²) in [5.41, 5.74) is 13.3. The number of hydrogen-bond acceptors (Lipinski definition) is 2. The van der Waals surface area contributed by atoms with Crippen LogP contribution in [-0.4, -0.2) is 24.1 Å². The highest BCUT2D eigenvalue weighted by Gasteiger charge is 2.22. The minimum atomic E-state index is 0.901. The van der Waals surface area contributed by atoms with Crippen molar-refractivity contribution in [3.63, 3.8) is 0 Å². The lowest BCUT2D eigenvalue weighted by molar-refractivity contribution is 1.08. The number of imidazole rings is 1. The number of aryl methyl sites for hydroxylation is 2.